The van der Waals surface area contributed by atoms with E-state index in [9.17, 15) is 0 Å². The molecule has 4 nitrogen and oxygen atoms in total. The third-order valence-electron chi connectivity index (χ3n) is 11.6. The Bertz CT molecular complexity index is 3390. The molecule has 12 aromatic rings. The molecular weight excluding hydrogens is 693 g/mol. The van der Waals surface area contributed by atoms with Crippen molar-refractivity contribution in [3.63, 3.8) is 0 Å². The predicted molar refractivity (Wildman–Crippen MR) is 238 cm³/mol. The summed E-state index contributed by atoms with van der Waals surface area (Å²) in [6, 6.07) is 74.2. The van der Waals surface area contributed by atoms with E-state index in [-0.39, 0.29) is 0 Å². The third kappa shape index (κ3) is 4.77. The van der Waals surface area contributed by atoms with Gasteiger partial charge in [-0.25, -0.2) is 4.98 Å². The van der Waals surface area contributed by atoms with Crippen LogP contribution in [0.4, 0.5) is 0 Å². The van der Waals surface area contributed by atoms with E-state index < -0.39 is 0 Å². The number of hydrogen-bond acceptors (Lipinski definition) is 1. The number of rotatable bonds is 5. The van der Waals surface area contributed by atoms with Crippen molar-refractivity contribution in [2.75, 3.05) is 0 Å². The van der Waals surface area contributed by atoms with Gasteiger partial charge in [0.05, 0.1) is 44.5 Å². The highest BCUT2D eigenvalue weighted by Crippen LogP contribution is 2.41. The van der Waals surface area contributed by atoms with E-state index in [1.165, 1.54) is 49.0 Å². The lowest BCUT2D eigenvalue weighted by Crippen LogP contribution is -1.97. The molecule has 0 saturated heterocycles. The molecule has 4 heterocycles. The fourth-order valence-corrected chi connectivity index (χ4v) is 9.15. The molecule has 0 N–H and O–H groups in total. The number of hydrogen-bond donors (Lipinski definition) is 0. The Balaban J connectivity index is 1.06. The molecule has 4 aromatic heterocycles. The maximum atomic E-state index is 5.56. The Kier molecular flexibility index (Phi) is 6.89. The zero-order chi connectivity index (χ0) is 37.5. The molecule has 0 aliphatic carbocycles. The van der Waals surface area contributed by atoms with Crippen LogP contribution in [0.25, 0.3) is 105 Å². The second-order valence-corrected chi connectivity index (χ2v) is 14.8. The van der Waals surface area contributed by atoms with Gasteiger partial charge in [0.1, 0.15) is 0 Å². The standard InChI is InChI=1S/C53H34N4/c1-2-14-37(15-3-1)57-50-25-13-8-20-44(50)52-51(57)34-45(35-26-30-38(31-27-35)55-46-21-9-4-16-40(46)41-17-5-10-22-47(41)55)54-53(52)36-28-32-39(33-29-36)56-48-23-11-6-18-42(48)43-19-7-12-24-49(43)56/h1-34H. The zero-order valence-electron chi connectivity index (χ0n) is 30.9. The minimum atomic E-state index is 0.928. The van der Waals surface area contributed by atoms with Crippen LogP contribution in [0, 0.1) is 0 Å². The Labute approximate surface area is 328 Å². The lowest BCUT2D eigenvalue weighted by molar-refractivity contribution is 1.17. The predicted octanol–water partition coefficient (Wildman–Crippen LogP) is 13.7. The van der Waals surface area contributed by atoms with Crippen molar-refractivity contribution >= 4 is 65.4 Å². The molecule has 57 heavy (non-hydrogen) atoms. The van der Waals surface area contributed by atoms with Gasteiger partial charge in [-0.05, 0) is 72.8 Å². The quantitative estimate of drug-likeness (QED) is 0.174. The van der Waals surface area contributed by atoms with E-state index in [1.807, 2.05) is 0 Å². The van der Waals surface area contributed by atoms with E-state index in [0.29, 0.717) is 0 Å². The van der Waals surface area contributed by atoms with Gasteiger partial charge in [-0.3, -0.25) is 0 Å². The van der Waals surface area contributed by atoms with E-state index in [0.717, 1.165) is 56.0 Å². The smallest absolute Gasteiger partial charge is 0.0809 e. The van der Waals surface area contributed by atoms with Crippen LogP contribution in [-0.2, 0) is 0 Å². The van der Waals surface area contributed by atoms with Crippen molar-refractivity contribution < 1.29 is 0 Å². The van der Waals surface area contributed by atoms with E-state index in [4.69, 9.17) is 4.98 Å². The fraction of sp³-hybridized carbons (Fsp3) is 0. The summed E-state index contributed by atoms with van der Waals surface area (Å²) < 4.78 is 7.12. The SMILES string of the molecule is c1ccc(-n2c3ccccc3c3c(-c4ccc(-n5c6ccccc6c6ccccc65)cc4)nc(-c4ccc(-n5c6ccccc6c6ccccc65)cc4)cc32)cc1. The molecule has 4 heteroatoms. The first-order valence-electron chi connectivity index (χ1n) is 19.5. The van der Waals surface area contributed by atoms with Crippen molar-refractivity contribution in [3.8, 4) is 39.6 Å². The second kappa shape index (κ2) is 12.4. The highest BCUT2D eigenvalue weighted by Gasteiger charge is 2.20. The first kappa shape index (κ1) is 31.6. The summed E-state index contributed by atoms with van der Waals surface area (Å²) in [5, 5.41) is 7.35. The van der Waals surface area contributed by atoms with Gasteiger partial charge in [-0.2, -0.15) is 0 Å². The highest BCUT2D eigenvalue weighted by molar-refractivity contribution is 6.16. The molecule has 0 amide bonds. The Morgan fingerprint density at radius 1 is 0.281 bits per heavy atom. The maximum absolute atomic E-state index is 5.56. The van der Waals surface area contributed by atoms with Gasteiger partial charge in [-0.1, -0.05) is 133 Å². The lowest BCUT2D eigenvalue weighted by Gasteiger charge is -2.13. The third-order valence-corrected chi connectivity index (χ3v) is 11.6. The van der Waals surface area contributed by atoms with Crippen molar-refractivity contribution in [2.45, 2.75) is 0 Å². The zero-order valence-corrected chi connectivity index (χ0v) is 30.9. The summed E-state index contributed by atoms with van der Waals surface area (Å²) in [6.07, 6.45) is 0. The van der Waals surface area contributed by atoms with Gasteiger partial charge in [0.15, 0.2) is 0 Å². The van der Waals surface area contributed by atoms with Crippen LogP contribution < -0.4 is 0 Å². The van der Waals surface area contributed by atoms with Crippen LogP contribution in [0.2, 0.25) is 0 Å². The molecule has 8 aromatic carbocycles. The molecule has 0 saturated carbocycles. The summed E-state index contributed by atoms with van der Waals surface area (Å²) >= 11 is 0. The summed E-state index contributed by atoms with van der Waals surface area (Å²) in [4.78, 5) is 5.56. The minimum Gasteiger partial charge on any atom is -0.309 e. The number of para-hydroxylation sites is 6. The molecule has 0 atom stereocenters. The van der Waals surface area contributed by atoms with Crippen LogP contribution in [0.5, 0.6) is 0 Å². The number of fused-ring (bicyclic) bond motifs is 9. The Morgan fingerprint density at radius 3 is 1.11 bits per heavy atom. The second-order valence-electron chi connectivity index (χ2n) is 14.8. The van der Waals surface area contributed by atoms with Crippen LogP contribution in [0.3, 0.4) is 0 Å². The molecule has 0 fully saturated rings. The minimum absolute atomic E-state index is 0.928. The maximum Gasteiger partial charge on any atom is 0.0809 e. The summed E-state index contributed by atoms with van der Waals surface area (Å²) in [6.45, 7) is 0. The van der Waals surface area contributed by atoms with Gasteiger partial charge in [-0.15, -0.1) is 0 Å². The number of benzene rings is 8. The molecule has 0 unspecified atom stereocenters. The largest absolute Gasteiger partial charge is 0.309 e. The van der Waals surface area contributed by atoms with Gasteiger partial charge >= 0.3 is 0 Å². The monoisotopic (exact) mass is 726 g/mol. The van der Waals surface area contributed by atoms with E-state index >= 15 is 0 Å². The van der Waals surface area contributed by atoms with Crippen LogP contribution >= 0.6 is 0 Å². The van der Waals surface area contributed by atoms with Crippen molar-refractivity contribution in [1.29, 1.82) is 0 Å². The Hall–Kier alpha value is -7.69. The number of pyridine rings is 1. The Morgan fingerprint density at radius 2 is 0.632 bits per heavy atom. The molecule has 0 bridgehead atoms. The lowest BCUT2D eigenvalue weighted by atomic mass is 10.0. The molecule has 0 radical (unpaired) electrons. The van der Waals surface area contributed by atoms with Crippen LogP contribution in [-0.4, -0.2) is 18.7 Å². The van der Waals surface area contributed by atoms with Crippen LogP contribution in [0.15, 0.2) is 206 Å². The van der Waals surface area contributed by atoms with E-state index in [2.05, 4.69) is 220 Å². The summed E-state index contributed by atoms with van der Waals surface area (Å²) in [5.74, 6) is 0. The average Bonchev–Trinajstić information content (AvgIpc) is 3.92. The van der Waals surface area contributed by atoms with Gasteiger partial charge < -0.3 is 13.7 Å². The van der Waals surface area contributed by atoms with Crippen molar-refractivity contribution in [3.05, 3.63) is 206 Å². The molecule has 0 aliphatic heterocycles. The van der Waals surface area contributed by atoms with Crippen LogP contribution in [0.1, 0.15) is 0 Å². The number of nitrogens with zero attached hydrogens (tertiary/aromatic N) is 4. The van der Waals surface area contributed by atoms with Gasteiger partial charge in [0.2, 0.25) is 0 Å². The molecule has 0 aliphatic rings. The normalized spacial score (nSPS) is 11.9. The molecular formula is C53H34N4. The fourth-order valence-electron chi connectivity index (χ4n) is 9.15. The first-order valence-corrected chi connectivity index (χ1v) is 19.5. The molecule has 12 rings (SSSR count). The van der Waals surface area contributed by atoms with Crippen molar-refractivity contribution in [1.82, 2.24) is 18.7 Å². The average molecular weight is 727 g/mol. The summed E-state index contributed by atoms with van der Waals surface area (Å²) in [7, 11) is 0. The summed E-state index contributed by atoms with van der Waals surface area (Å²) in [5.41, 5.74) is 14.5. The topological polar surface area (TPSA) is 27.7 Å². The molecule has 266 valence electrons. The van der Waals surface area contributed by atoms with Crippen molar-refractivity contribution in [2.24, 2.45) is 0 Å². The number of aromatic nitrogens is 4. The van der Waals surface area contributed by atoms with E-state index in [1.54, 1.807) is 0 Å². The first-order chi connectivity index (χ1) is 28.3. The highest BCUT2D eigenvalue weighted by atomic mass is 15.0. The van der Waals surface area contributed by atoms with Gasteiger partial charge in [0, 0.05) is 60.5 Å². The van der Waals surface area contributed by atoms with Gasteiger partial charge in [0.25, 0.3) is 0 Å². The molecule has 0 spiro atoms.